The van der Waals surface area contributed by atoms with Crippen LogP contribution in [-0.2, 0) is 0 Å². The van der Waals surface area contributed by atoms with Crippen LogP contribution in [0.4, 0.5) is 4.39 Å². The molecule has 128 valence electrons. The summed E-state index contributed by atoms with van der Waals surface area (Å²) < 4.78 is 17.7. The third-order valence-electron chi connectivity index (χ3n) is 4.50. The first-order chi connectivity index (χ1) is 12.8. The summed E-state index contributed by atoms with van der Waals surface area (Å²) in [5, 5.41) is 8.80. The van der Waals surface area contributed by atoms with Crippen molar-refractivity contribution in [3.05, 3.63) is 72.7 Å². The van der Waals surface area contributed by atoms with Crippen LogP contribution in [0.3, 0.4) is 0 Å². The Labute approximate surface area is 148 Å². The third-order valence-corrected chi connectivity index (χ3v) is 4.50. The van der Waals surface area contributed by atoms with Gasteiger partial charge in [-0.2, -0.15) is 10.1 Å². The van der Waals surface area contributed by atoms with Gasteiger partial charge in [-0.1, -0.05) is 30.3 Å². The van der Waals surface area contributed by atoms with Crippen molar-refractivity contribution in [1.29, 1.82) is 0 Å². The summed E-state index contributed by atoms with van der Waals surface area (Å²) in [6, 6.07) is 11.4. The van der Waals surface area contributed by atoms with Crippen LogP contribution in [0.1, 0.15) is 30.0 Å². The van der Waals surface area contributed by atoms with Gasteiger partial charge in [-0.15, -0.1) is 5.10 Å². The molecular formula is C18H14FN7. The van der Waals surface area contributed by atoms with E-state index in [1.165, 1.54) is 11.0 Å². The Hall–Kier alpha value is -3.42. The SMILES string of the molecule is FC1CC(c2ccccc2)n2nc(-n3cc(-c4ccncn4)cn3)nc21. The number of hydrogen-bond donors (Lipinski definition) is 0. The molecule has 0 saturated carbocycles. The van der Waals surface area contributed by atoms with Crippen LogP contribution >= 0.6 is 0 Å². The molecule has 0 aliphatic carbocycles. The molecule has 3 aromatic heterocycles. The lowest BCUT2D eigenvalue weighted by Gasteiger charge is -2.11. The number of fused-ring (bicyclic) bond motifs is 1. The molecule has 0 amide bonds. The van der Waals surface area contributed by atoms with Gasteiger partial charge in [0.25, 0.3) is 5.95 Å². The fourth-order valence-electron chi connectivity index (χ4n) is 3.24. The van der Waals surface area contributed by atoms with E-state index in [1.54, 1.807) is 29.3 Å². The van der Waals surface area contributed by atoms with Crippen molar-refractivity contribution in [3.8, 4) is 17.2 Å². The molecule has 0 bridgehead atoms. The third kappa shape index (κ3) is 2.38. The molecule has 4 aromatic rings. The van der Waals surface area contributed by atoms with Gasteiger partial charge >= 0.3 is 0 Å². The summed E-state index contributed by atoms with van der Waals surface area (Å²) >= 11 is 0. The van der Waals surface area contributed by atoms with Crippen LogP contribution < -0.4 is 0 Å². The minimum Gasteiger partial charge on any atom is -0.245 e. The fourth-order valence-corrected chi connectivity index (χ4v) is 3.24. The lowest BCUT2D eigenvalue weighted by molar-refractivity contribution is 0.328. The summed E-state index contributed by atoms with van der Waals surface area (Å²) in [6.07, 6.45) is 5.81. The Morgan fingerprint density at radius 3 is 2.81 bits per heavy atom. The quantitative estimate of drug-likeness (QED) is 0.570. The molecule has 1 aliphatic heterocycles. The van der Waals surface area contributed by atoms with E-state index < -0.39 is 6.17 Å². The van der Waals surface area contributed by atoms with Crippen molar-refractivity contribution in [2.75, 3.05) is 0 Å². The van der Waals surface area contributed by atoms with E-state index in [4.69, 9.17) is 0 Å². The molecule has 0 spiro atoms. The van der Waals surface area contributed by atoms with Crippen molar-refractivity contribution in [1.82, 2.24) is 34.5 Å². The van der Waals surface area contributed by atoms with E-state index in [9.17, 15) is 4.39 Å². The van der Waals surface area contributed by atoms with Gasteiger partial charge in [-0.3, -0.25) is 0 Å². The fraction of sp³-hybridized carbons (Fsp3) is 0.167. The Kier molecular flexibility index (Phi) is 3.34. The standard InChI is InChI=1S/C18H14FN7/c19-14-8-16(12-4-2-1-3-5-12)26-17(14)23-18(24-26)25-10-13(9-22-25)15-6-7-20-11-21-15/h1-7,9-11,14,16H,8H2. The zero-order valence-electron chi connectivity index (χ0n) is 13.6. The van der Waals surface area contributed by atoms with Gasteiger partial charge in [-0.05, 0) is 11.6 Å². The Morgan fingerprint density at radius 1 is 1.12 bits per heavy atom. The zero-order valence-corrected chi connectivity index (χ0v) is 13.6. The van der Waals surface area contributed by atoms with Gasteiger partial charge in [0.05, 0.1) is 17.9 Å². The second kappa shape index (κ2) is 5.83. The molecule has 0 saturated heterocycles. The molecule has 2 unspecified atom stereocenters. The predicted octanol–water partition coefficient (Wildman–Crippen LogP) is 2.92. The number of benzene rings is 1. The summed E-state index contributed by atoms with van der Waals surface area (Å²) in [5.41, 5.74) is 2.59. The van der Waals surface area contributed by atoms with Gasteiger partial charge in [0, 0.05) is 24.4 Å². The van der Waals surface area contributed by atoms with Crippen molar-refractivity contribution in [2.45, 2.75) is 18.6 Å². The highest BCUT2D eigenvalue weighted by Gasteiger charge is 2.35. The van der Waals surface area contributed by atoms with Gasteiger partial charge in [-0.25, -0.2) is 23.7 Å². The molecule has 1 aromatic carbocycles. The van der Waals surface area contributed by atoms with E-state index >= 15 is 0 Å². The normalized spacial score (nSPS) is 18.8. The van der Waals surface area contributed by atoms with Crippen molar-refractivity contribution < 1.29 is 4.39 Å². The summed E-state index contributed by atoms with van der Waals surface area (Å²) in [6.45, 7) is 0. The van der Waals surface area contributed by atoms with Crippen molar-refractivity contribution in [2.24, 2.45) is 0 Å². The smallest absolute Gasteiger partial charge is 0.245 e. The number of nitrogens with zero attached hydrogens (tertiary/aromatic N) is 7. The summed E-state index contributed by atoms with van der Waals surface area (Å²) in [7, 11) is 0. The molecule has 7 nitrogen and oxygen atoms in total. The number of rotatable bonds is 3. The molecule has 1 aliphatic rings. The second-order valence-corrected chi connectivity index (χ2v) is 6.11. The van der Waals surface area contributed by atoms with E-state index in [-0.39, 0.29) is 6.04 Å². The minimum atomic E-state index is -1.14. The molecule has 0 radical (unpaired) electrons. The average Bonchev–Trinajstić information content (AvgIpc) is 3.39. The monoisotopic (exact) mass is 347 g/mol. The Bertz CT molecular complexity index is 1040. The van der Waals surface area contributed by atoms with Crippen molar-refractivity contribution >= 4 is 0 Å². The summed E-state index contributed by atoms with van der Waals surface area (Å²) in [5.74, 6) is 0.691. The first kappa shape index (κ1) is 14.9. The molecule has 0 N–H and O–H groups in total. The van der Waals surface area contributed by atoms with Gasteiger partial charge < -0.3 is 0 Å². The summed E-state index contributed by atoms with van der Waals surface area (Å²) in [4.78, 5) is 12.5. The highest BCUT2D eigenvalue weighted by Crippen LogP contribution is 2.39. The maximum absolute atomic E-state index is 14.5. The number of halogens is 1. The van der Waals surface area contributed by atoms with Crippen LogP contribution in [0.25, 0.3) is 17.2 Å². The van der Waals surface area contributed by atoms with Crippen LogP contribution in [0, 0.1) is 0 Å². The topological polar surface area (TPSA) is 74.3 Å². The first-order valence-electron chi connectivity index (χ1n) is 8.26. The lowest BCUT2D eigenvalue weighted by atomic mass is 10.0. The number of hydrogen-bond acceptors (Lipinski definition) is 5. The van der Waals surface area contributed by atoms with Crippen molar-refractivity contribution in [3.63, 3.8) is 0 Å². The molecular weight excluding hydrogens is 333 g/mol. The average molecular weight is 347 g/mol. The zero-order chi connectivity index (χ0) is 17.5. The minimum absolute atomic E-state index is 0.153. The Balaban J connectivity index is 1.51. The largest absolute Gasteiger partial charge is 0.269 e. The maximum atomic E-state index is 14.5. The van der Waals surface area contributed by atoms with Crippen LogP contribution in [0.2, 0.25) is 0 Å². The lowest BCUT2D eigenvalue weighted by Crippen LogP contribution is -2.08. The highest BCUT2D eigenvalue weighted by molar-refractivity contribution is 5.56. The first-order valence-corrected chi connectivity index (χ1v) is 8.26. The van der Waals surface area contributed by atoms with E-state index in [1.807, 2.05) is 30.3 Å². The Morgan fingerprint density at radius 2 is 2.00 bits per heavy atom. The maximum Gasteiger partial charge on any atom is 0.269 e. The molecule has 26 heavy (non-hydrogen) atoms. The van der Waals surface area contributed by atoms with Gasteiger partial charge in [0.15, 0.2) is 12.0 Å². The predicted molar refractivity (Wildman–Crippen MR) is 91.2 cm³/mol. The highest BCUT2D eigenvalue weighted by atomic mass is 19.1. The van der Waals surface area contributed by atoms with E-state index in [2.05, 4.69) is 25.1 Å². The van der Waals surface area contributed by atoms with E-state index in [0.29, 0.717) is 18.2 Å². The molecule has 5 rings (SSSR count). The van der Waals surface area contributed by atoms with Crippen LogP contribution in [-0.4, -0.2) is 34.5 Å². The van der Waals surface area contributed by atoms with E-state index in [0.717, 1.165) is 16.8 Å². The molecule has 2 atom stereocenters. The second-order valence-electron chi connectivity index (χ2n) is 6.11. The van der Waals surface area contributed by atoms with Gasteiger partial charge in [0.2, 0.25) is 0 Å². The number of alkyl halides is 1. The van der Waals surface area contributed by atoms with Crippen LogP contribution in [0.15, 0.2) is 61.3 Å². The molecule has 4 heterocycles. The molecule has 0 fully saturated rings. The van der Waals surface area contributed by atoms with Crippen LogP contribution in [0.5, 0.6) is 0 Å². The molecule has 8 heteroatoms. The van der Waals surface area contributed by atoms with Gasteiger partial charge in [0.1, 0.15) is 6.33 Å². The number of aromatic nitrogens is 7.